The number of carbonyl (C=O) groups is 1. The van der Waals surface area contributed by atoms with E-state index in [1.54, 1.807) is 19.4 Å². The first-order valence-corrected chi connectivity index (χ1v) is 7.88. The Bertz CT molecular complexity index is 667. The third-order valence-electron chi connectivity index (χ3n) is 4.03. The highest BCUT2D eigenvalue weighted by molar-refractivity contribution is 6.30. The van der Waals surface area contributed by atoms with Crippen molar-refractivity contribution in [1.82, 2.24) is 20.0 Å². The first-order chi connectivity index (χ1) is 11.2. The zero-order chi connectivity index (χ0) is 16.2. The van der Waals surface area contributed by atoms with Crippen LogP contribution in [0, 0.1) is 0 Å². The van der Waals surface area contributed by atoms with Crippen LogP contribution in [0.3, 0.4) is 0 Å². The van der Waals surface area contributed by atoms with Gasteiger partial charge in [-0.3, -0.25) is 14.8 Å². The van der Waals surface area contributed by atoms with Crippen LogP contribution in [-0.4, -0.2) is 59.2 Å². The number of nitrogens with one attached hydrogen (secondary N) is 1. The lowest BCUT2D eigenvalue weighted by Gasteiger charge is -2.34. The molecule has 2 heterocycles. The van der Waals surface area contributed by atoms with E-state index in [0.29, 0.717) is 23.8 Å². The average Bonchev–Trinajstić information content (AvgIpc) is 3.10. The van der Waals surface area contributed by atoms with Gasteiger partial charge in [0, 0.05) is 49.5 Å². The minimum Gasteiger partial charge on any atom is -0.496 e. The molecule has 0 aliphatic carbocycles. The van der Waals surface area contributed by atoms with Gasteiger partial charge in [-0.15, -0.1) is 0 Å². The van der Waals surface area contributed by atoms with Crippen molar-refractivity contribution >= 4 is 17.5 Å². The van der Waals surface area contributed by atoms with E-state index in [1.165, 1.54) is 0 Å². The topological polar surface area (TPSA) is 61.5 Å². The monoisotopic (exact) mass is 334 g/mol. The van der Waals surface area contributed by atoms with Gasteiger partial charge in [0.2, 0.25) is 0 Å². The first-order valence-electron chi connectivity index (χ1n) is 7.51. The third-order valence-corrected chi connectivity index (χ3v) is 4.26. The third kappa shape index (κ3) is 3.65. The van der Waals surface area contributed by atoms with Crippen molar-refractivity contribution in [2.24, 2.45) is 0 Å². The molecule has 122 valence electrons. The number of carbonyl (C=O) groups excluding carboxylic acids is 1. The molecule has 2 aromatic rings. The van der Waals surface area contributed by atoms with Gasteiger partial charge in [-0.25, -0.2) is 0 Å². The molecule has 1 amide bonds. The Labute approximate surface area is 140 Å². The normalized spacial score (nSPS) is 15.7. The fourth-order valence-electron chi connectivity index (χ4n) is 2.77. The smallest absolute Gasteiger partial charge is 0.271 e. The summed E-state index contributed by atoms with van der Waals surface area (Å²) in [5.41, 5.74) is 1.60. The molecule has 1 aliphatic heterocycles. The number of hydrogen-bond donors (Lipinski definition) is 1. The standard InChI is InChI=1S/C16H19ClN4O2/c1-23-15-3-2-13(17)10-12(15)11-20-6-8-21(9-7-20)16(22)14-4-5-18-19-14/h2-5,10H,6-9,11H2,1H3,(H,18,19). The predicted octanol–water partition coefficient (Wildman–Crippen LogP) is 2.03. The molecule has 1 saturated heterocycles. The van der Waals surface area contributed by atoms with Crippen LogP contribution in [0.5, 0.6) is 5.75 Å². The number of H-pyrrole nitrogens is 1. The fraction of sp³-hybridized carbons (Fsp3) is 0.375. The number of nitrogens with zero attached hydrogens (tertiary/aromatic N) is 3. The number of ether oxygens (including phenoxy) is 1. The number of aromatic nitrogens is 2. The Hall–Kier alpha value is -2.05. The van der Waals surface area contributed by atoms with Crippen LogP contribution in [0.2, 0.25) is 5.02 Å². The maximum absolute atomic E-state index is 12.3. The van der Waals surface area contributed by atoms with Crippen molar-refractivity contribution in [3.63, 3.8) is 0 Å². The van der Waals surface area contributed by atoms with Crippen LogP contribution >= 0.6 is 11.6 Å². The number of methoxy groups -OCH3 is 1. The van der Waals surface area contributed by atoms with E-state index in [2.05, 4.69) is 15.1 Å². The Morgan fingerprint density at radius 2 is 2.09 bits per heavy atom. The lowest BCUT2D eigenvalue weighted by Crippen LogP contribution is -2.48. The lowest BCUT2D eigenvalue weighted by molar-refractivity contribution is 0.0621. The Morgan fingerprint density at radius 3 is 2.74 bits per heavy atom. The van der Waals surface area contributed by atoms with E-state index < -0.39 is 0 Å². The average molecular weight is 335 g/mol. The highest BCUT2D eigenvalue weighted by atomic mass is 35.5. The van der Waals surface area contributed by atoms with Gasteiger partial charge in [-0.1, -0.05) is 11.6 Å². The minimum atomic E-state index is 0.00230. The molecule has 1 aliphatic rings. The molecule has 3 rings (SSSR count). The van der Waals surface area contributed by atoms with E-state index >= 15 is 0 Å². The highest BCUT2D eigenvalue weighted by Crippen LogP contribution is 2.24. The lowest BCUT2D eigenvalue weighted by atomic mass is 10.1. The van der Waals surface area contributed by atoms with Gasteiger partial charge in [0.25, 0.3) is 5.91 Å². The molecular weight excluding hydrogens is 316 g/mol. The number of aromatic amines is 1. The largest absolute Gasteiger partial charge is 0.496 e. The molecule has 6 nitrogen and oxygen atoms in total. The minimum absolute atomic E-state index is 0.00230. The second-order valence-corrected chi connectivity index (χ2v) is 5.93. The Morgan fingerprint density at radius 1 is 1.30 bits per heavy atom. The van der Waals surface area contributed by atoms with E-state index in [1.807, 2.05) is 23.1 Å². The van der Waals surface area contributed by atoms with Gasteiger partial charge in [0.05, 0.1) is 7.11 Å². The van der Waals surface area contributed by atoms with Gasteiger partial charge in [-0.05, 0) is 24.3 Å². The summed E-state index contributed by atoms with van der Waals surface area (Å²) < 4.78 is 5.39. The second-order valence-electron chi connectivity index (χ2n) is 5.49. The maximum atomic E-state index is 12.3. The molecule has 0 radical (unpaired) electrons. The molecule has 0 spiro atoms. The molecule has 0 unspecified atom stereocenters. The number of hydrogen-bond acceptors (Lipinski definition) is 4. The molecule has 23 heavy (non-hydrogen) atoms. The molecule has 1 aromatic carbocycles. The second kappa shape index (κ2) is 7.02. The summed E-state index contributed by atoms with van der Waals surface area (Å²) in [5, 5.41) is 7.25. The van der Waals surface area contributed by atoms with Crippen LogP contribution in [0.4, 0.5) is 0 Å². The zero-order valence-electron chi connectivity index (χ0n) is 13.0. The summed E-state index contributed by atoms with van der Waals surface area (Å²) in [6.07, 6.45) is 1.59. The van der Waals surface area contributed by atoms with Crippen LogP contribution in [-0.2, 0) is 6.54 Å². The quantitative estimate of drug-likeness (QED) is 0.929. The van der Waals surface area contributed by atoms with Crippen molar-refractivity contribution < 1.29 is 9.53 Å². The van der Waals surface area contributed by atoms with Crippen LogP contribution in [0.25, 0.3) is 0 Å². The van der Waals surface area contributed by atoms with Crippen molar-refractivity contribution in [3.05, 3.63) is 46.7 Å². The van der Waals surface area contributed by atoms with Gasteiger partial charge in [0.1, 0.15) is 11.4 Å². The summed E-state index contributed by atoms with van der Waals surface area (Å²) in [6, 6.07) is 7.34. The Balaban J connectivity index is 1.59. The summed E-state index contributed by atoms with van der Waals surface area (Å²) in [7, 11) is 1.66. The molecular formula is C16H19ClN4O2. The van der Waals surface area contributed by atoms with Gasteiger partial charge < -0.3 is 9.64 Å². The SMILES string of the molecule is COc1ccc(Cl)cc1CN1CCN(C(=O)c2ccn[nH]2)CC1. The summed E-state index contributed by atoms with van der Waals surface area (Å²) >= 11 is 6.08. The Kier molecular flexibility index (Phi) is 4.83. The van der Waals surface area contributed by atoms with E-state index in [4.69, 9.17) is 16.3 Å². The summed E-state index contributed by atoms with van der Waals surface area (Å²) in [6.45, 7) is 3.78. The van der Waals surface area contributed by atoms with E-state index in [0.717, 1.165) is 30.9 Å². The predicted molar refractivity (Wildman–Crippen MR) is 87.8 cm³/mol. The van der Waals surface area contributed by atoms with Crippen molar-refractivity contribution in [1.29, 1.82) is 0 Å². The molecule has 1 aromatic heterocycles. The number of benzene rings is 1. The van der Waals surface area contributed by atoms with Crippen LogP contribution < -0.4 is 4.74 Å². The van der Waals surface area contributed by atoms with E-state index in [9.17, 15) is 4.79 Å². The zero-order valence-corrected chi connectivity index (χ0v) is 13.7. The van der Waals surface area contributed by atoms with E-state index in [-0.39, 0.29) is 5.91 Å². The molecule has 0 bridgehead atoms. The number of piperazine rings is 1. The van der Waals surface area contributed by atoms with Crippen molar-refractivity contribution in [2.45, 2.75) is 6.54 Å². The van der Waals surface area contributed by atoms with Gasteiger partial charge >= 0.3 is 0 Å². The summed E-state index contributed by atoms with van der Waals surface area (Å²) in [4.78, 5) is 16.4. The first kappa shape index (κ1) is 15.8. The van der Waals surface area contributed by atoms with Gasteiger partial charge in [0.15, 0.2) is 0 Å². The van der Waals surface area contributed by atoms with Crippen LogP contribution in [0.15, 0.2) is 30.5 Å². The molecule has 0 atom stereocenters. The van der Waals surface area contributed by atoms with Crippen molar-refractivity contribution in [3.8, 4) is 5.75 Å². The number of halogens is 1. The molecule has 7 heteroatoms. The van der Waals surface area contributed by atoms with Crippen LogP contribution in [0.1, 0.15) is 16.1 Å². The molecule has 0 saturated carbocycles. The maximum Gasteiger partial charge on any atom is 0.271 e. The number of amides is 1. The van der Waals surface area contributed by atoms with Crippen molar-refractivity contribution in [2.75, 3.05) is 33.3 Å². The van der Waals surface area contributed by atoms with Gasteiger partial charge in [-0.2, -0.15) is 5.10 Å². The number of rotatable bonds is 4. The molecule has 1 fully saturated rings. The fourth-order valence-corrected chi connectivity index (χ4v) is 2.96. The highest BCUT2D eigenvalue weighted by Gasteiger charge is 2.23. The molecule has 1 N–H and O–H groups in total. The summed E-state index contributed by atoms with van der Waals surface area (Å²) in [5.74, 6) is 0.841.